The van der Waals surface area contributed by atoms with Crippen LogP contribution in [0.1, 0.15) is 34.1 Å². The van der Waals surface area contributed by atoms with Gasteiger partial charge in [0.1, 0.15) is 5.75 Å². The lowest BCUT2D eigenvalue weighted by Gasteiger charge is -2.08. The maximum absolute atomic E-state index is 12.6. The van der Waals surface area contributed by atoms with Crippen molar-refractivity contribution in [3.8, 4) is 5.75 Å². The molecule has 0 spiro atoms. The lowest BCUT2D eigenvalue weighted by molar-refractivity contribution is 0.0949. The molecule has 138 valence electrons. The minimum Gasteiger partial charge on any atom is -0.507 e. The van der Waals surface area contributed by atoms with Gasteiger partial charge < -0.3 is 5.11 Å². The van der Waals surface area contributed by atoms with Gasteiger partial charge in [-0.1, -0.05) is 18.2 Å². The second-order valence-corrected chi connectivity index (χ2v) is 6.22. The zero-order valence-corrected chi connectivity index (χ0v) is 15.4. The van der Waals surface area contributed by atoms with Crippen LogP contribution in [0, 0.1) is 13.8 Å². The van der Waals surface area contributed by atoms with Gasteiger partial charge in [0, 0.05) is 11.9 Å². The van der Waals surface area contributed by atoms with E-state index in [1.54, 1.807) is 57.2 Å². The monoisotopic (exact) mass is 364 g/mol. The number of aryl methyl sites for hydroxylation is 3. The van der Waals surface area contributed by atoms with Gasteiger partial charge in [-0.3, -0.25) is 9.59 Å². The molecule has 0 atom stereocenters. The molecule has 2 aromatic carbocycles. The van der Waals surface area contributed by atoms with Gasteiger partial charge in [-0.05, 0) is 55.7 Å². The maximum Gasteiger partial charge on any atom is 0.292 e. The Bertz CT molecular complexity index is 1090. The quantitative estimate of drug-likeness (QED) is 0.549. The molecule has 7 nitrogen and oxygen atoms in total. The maximum atomic E-state index is 12.6. The second-order valence-electron chi connectivity index (χ2n) is 6.22. The molecule has 3 rings (SSSR count). The van der Waals surface area contributed by atoms with Gasteiger partial charge in [0.15, 0.2) is 5.69 Å². The van der Waals surface area contributed by atoms with Crippen molar-refractivity contribution < 1.29 is 9.90 Å². The molecule has 0 aliphatic heterocycles. The number of nitrogens with one attached hydrogen (secondary N) is 1. The summed E-state index contributed by atoms with van der Waals surface area (Å²) in [5, 5.41) is 18.9. The number of aromatic nitrogens is 2. The summed E-state index contributed by atoms with van der Waals surface area (Å²) < 4.78 is 1.26. The first-order chi connectivity index (χ1) is 12.9. The Morgan fingerprint density at radius 2 is 1.85 bits per heavy atom. The van der Waals surface area contributed by atoms with E-state index in [9.17, 15) is 14.7 Å². The van der Waals surface area contributed by atoms with Crippen LogP contribution in [0.25, 0.3) is 10.8 Å². The van der Waals surface area contributed by atoms with Gasteiger partial charge in [0.25, 0.3) is 11.5 Å². The topological polar surface area (TPSA) is 96.6 Å². The third-order valence-electron chi connectivity index (χ3n) is 4.28. The SMILES string of the molecule is CCn1nc(C(=O)N/N=C/c2cc(C)c(O)c(C)c2)c2ccccc2c1=O. The number of hydrogen-bond acceptors (Lipinski definition) is 5. The van der Waals surface area contributed by atoms with Gasteiger partial charge in [0.05, 0.1) is 11.6 Å². The minimum atomic E-state index is -0.503. The first-order valence-corrected chi connectivity index (χ1v) is 8.55. The Hall–Kier alpha value is -3.48. The molecule has 7 heteroatoms. The number of carbonyl (C=O) groups excluding carboxylic acids is 1. The highest BCUT2D eigenvalue weighted by Gasteiger charge is 2.15. The molecular weight excluding hydrogens is 344 g/mol. The molecule has 0 fully saturated rings. The molecular formula is C20H20N4O3. The predicted molar refractivity (Wildman–Crippen MR) is 104 cm³/mol. The Morgan fingerprint density at radius 1 is 1.22 bits per heavy atom. The summed E-state index contributed by atoms with van der Waals surface area (Å²) in [6.45, 7) is 5.74. The van der Waals surface area contributed by atoms with Crippen LogP contribution in [-0.2, 0) is 6.54 Å². The van der Waals surface area contributed by atoms with E-state index in [1.165, 1.54) is 10.9 Å². The Balaban J connectivity index is 1.91. The third-order valence-corrected chi connectivity index (χ3v) is 4.28. The van der Waals surface area contributed by atoms with Crippen LogP contribution in [0.5, 0.6) is 5.75 Å². The van der Waals surface area contributed by atoms with E-state index in [1.807, 2.05) is 0 Å². The largest absolute Gasteiger partial charge is 0.507 e. The van der Waals surface area contributed by atoms with Crippen molar-refractivity contribution in [3.63, 3.8) is 0 Å². The van der Waals surface area contributed by atoms with Gasteiger partial charge in [-0.2, -0.15) is 10.2 Å². The number of hydrazone groups is 1. The normalized spacial score (nSPS) is 11.2. The van der Waals surface area contributed by atoms with Gasteiger partial charge >= 0.3 is 0 Å². The number of aromatic hydroxyl groups is 1. The van der Waals surface area contributed by atoms with Crippen LogP contribution < -0.4 is 11.0 Å². The molecule has 0 aliphatic rings. The third kappa shape index (κ3) is 3.57. The number of fused-ring (bicyclic) bond motifs is 1. The average molecular weight is 364 g/mol. The summed E-state index contributed by atoms with van der Waals surface area (Å²) in [4.78, 5) is 24.9. The van der Waals surface area contributed by atoms with Crippen molar-refractivity contribution in [2.45, 2.75) is 27.3 Å². The number of nitrogens with zero attached hydrogens (tertiary/aromatic N) is 3. The van der Waals surface area contributed by atoms with E-state index >= 15 is 0 Å². The molecule has 0 unspecified atom stereocenters. The number of carbonyl (C=O) groups is 1. The van der Waals surface area contributed by atoms with Crippen molar-refractivity contribution in [1.82, 2.24) is 15.2 Å². The van der Waals surface area contributed by atoms with Crippen molar-refractivity contribution in [3.05, 3.63) is 69.1 Å². The summed E-state index contributed by atoms with van der Waals surface area (Å²) >= 11 is 0. The van der Waals surface area contributed by atoms with Crippen LogP contribution in [0.15, 0.2) is 46.3 Å². The number of hydrogen-bond donors (Lipinski definition) is 2. The molecule has 27 heavy (non-hydrogen) atoms. The fourth-order valence-corrected chi connectivity index (χ4v) is 2.90. The molecule has 0 saturated heterocycles. The van der Waals surface area contributed by atoms with Gasteiger partial charge in [-0.25, -0.2) is 10.1 Å². The smallest absolute Gasteiger partial charge is 0.292 e. The molecule has 0 saturated carbocycles. The Kier molecular flexibility index (Phi) is 5.03. The standard InChI is InChI=1S/C20H20N4O3/c1-4-24-20(27)16-8-6-5-7-15(16)17(23-24)19(26)22-21-11-14-9-12(2)18(25)13(3)10-14/h5-11,25H,4H2,1-3H3,(H,22,26)/b21-11+. The highest BCUT2D eigenvalue weighted by atomic mass is 16.3. The Labute approximate surface area is 156 Å². The average Bonchev–Trinajstić information content (AvgIpc) is 2.66. The first-order valence-electron chi connectivity index (χ1n) is 8.55. The zero-order valence-electron chi connectivity index (χ0n) is 15.4. The van der Waals surface area contributed by atoms with Crippen molar-refractivity contribution >= 4 is 22.9 Å². The number of phenols is 1. The first kappa shape index (κ1) is 18.3. The minimum absolute atomic E-state index is 0.141. The van der Waals surface area contributed by atoms with Crippen molar-refractivity contribution in [2.75, 3.05) is 0 Å². The van der Waals surface area contributed by atoms with Gasteiger partial charge in [0.2, 0.25) is 0 Å². The zero-order chi connectivity index (χ0) is 19.6. The van der Waals surface area contributed by atoms with Crippen molar-refractivity contribution in [1.29, 1.82) is 0 Å². The summed E-state index contributed by atoms with van der Waals surface area (Å²) in [5.41, 5.74) is 4.57. The van der Waals surface area contributed by atoms with E-state index < -0.39 is 5.91 Å². The highest BCUT2D eigenvalue weighted by molar-refractivity contribution is 6.04. The van der Waals surface area contributed by atoms with E-state index in [0.29, 0.717) is 17.3 Å². The van der Waals surface area contributed by atoms with E-state index in [4.69, 9.17) is 0 Å². The number of rotatable bonds is 4. The molecule has 1 aromatic heterocycles. The summed E-state index contributed by atoms with van der Waals surface area (Å²) in [6, 6.07) is 10.4. The fraction of sp³-hybridized carbons (Fsp3) is 0.200. The number of phenolic OH excluding ortho intramolecular Hbond substituents is 1. The number of amides is 1. The van der Waals surface area contributed by atoms with Crippen LogP contribution >= 0.6 is 0 Å². The predicted octanol–water partition coefficient (Wildman–Crippen LogP) is 2.50. The van der Waals surface area contributed by atoms with E-state index in [2.05, 4.69) is 15.6 Å². The van der Waals surface area contributed by atoms with Gasteiger partial charge in [-0.15, -0.1) is 0 Å². The highest BCUT2D eigenvalue weighted by Crippen LogP contribution is 2.22. The molecule has 0 bridgehead atoms. The lowest BCUT2D eigenvalue weighted by Crippen LogP contribution is -2.28. The summed E-state index contributed by atoms with van der Waals surface area (Å²) in [7, 11) is 0. The van der Waals surface area contributed by atoms with Crippen LogP contribution in [0.3, 0.4) is 0 Å². The van der Waals surface area contributed by atoms with E-state index in [-0.39, 0.29) is 17.0 Å². The lowest BCUT2D eigenvalue weighted by atomic mass is 10.1. The van der Waals surface area contributed by atoms with Crippen molar-refractivity contribution in [2.24, 2.45) is 5.10 Å². The van der Waals surface area contributed by atoms with Crippen LogP contribution in [-0.4, -0.2) is 27.0 Å². The Morgan fingerprint density at radius 3 is 2.48 bits per heavy atom. The molecule has 3 aromatic rings. The molecule has 2 N–H and O–H groups in total. The molecule has 0 aliphatic carbocycles. The van der Waals surface area contributed by atoms with Crippen LogP contribution in [0.2, 0.25) is 0 Å². The van der Waals surface area contributed by atoms with E-state index in [0.717, 1.165) is 16.7 Å². The second kappa shape index (κ2) is 7.41. The fourth-order valence-electron chi connectivity index (χ4n) is 2.90. The molecule has 0 radical (unpaired) electrons. The van der Waals surface area contributed by atoms with Crippen LogP contribution in [0.4, 0.5) is 0 Å². The molecule has 1 heterocycles. The summed E-state index contributed by atoms with van der Waals surface area (Å²) in [5.74, 6) is -0.259. The molecule has 1 amide bonds. The number of benzene rings is 2. The summed E-state index contributed by atoms with van der Waals surface area (Å²) in [6.07, 6.45) is 1.50.